The number of benzene rings is 1. The van der Waals surface area contributed by atoms with E-state index in [1.807, 2.05) is 13.8 Å². The van der Waals surface area contributed by atoms with Crippen molar-refractivity contribution in [2.45, 2.75) is 19.9 Å². The Balaban J connectivity index is 2.60. The second-order valence-corrected chi connectivity index (χ2v) is 5.54. The largest absolute Gasteiger partial charge is 0.342 e. The second-order valence-electron chi connectivity index (χ2n) is 5.54. The molecule has 0 heterocycles. The lowest BCUT2D eigenvalue weighted by Crippen LogP contribution is -2.42. The van der Waals surface area contributed by atoms with E-state index in [4.69, 9.17) is 0 Å². The van der Waals surface area contributed by atoms with Gasteiger partial charge in [0, 0.05) is 13.1 Å². The van der Waals surface area contributed by atoms with Crippen LogP contribution in [0.25, 0.3) is 0 Å². The van der Waals surface area contributed by atoms with Crippen molar-refractivity contribution in [3.63, 3.8) is 0 Å². The highest BCUT2D eigenvalue weighted by molar-refractivity contribution is 5.92. The number of halogens is 3. The molecule has 2 amide bonds. The van der Waals surface area contributed by atoms with Gasteiger partial charge in [0.2, 0.25) is 11.8 Å². The van der Waals surface area contributed by atoms with Gasteiger partial charge in [-0.3, -0.25) is 14.5 Å². The van der Waals surface area contributed by atoms with Gasteiger partial charge in [0.1, 0.15) is 0 Å². The number of rotatable bonds is 6. The SMILES string of the molecule is CC(C)N(C)C(=O)CN(C)CC(=O)Nc1ccc(F)c(F)c1F. The van der Waals surface area contributed by atoms with Gasteiger partial charge >= 0.3 is 0 Å². The molecule has 0 fully saturated rings. The van der Waals surface area contributed by atoms with E-state index in [0.29, 0.717) is 0 Å². The Hall–Kier alpha value is -2.09. The Labute approximate surface area is 133 Å². The smallest absolute Gasteiger partial charge is 0.238 e. The fraction of sp³-hybridized carbons (Fsp3) is 0.467. The third-order valence-corrected chi connectivity index (χ3v) is 3.30. The molecule has 0 aliphatic rings. The summed E-state index contributed by atoms with van der Waals surface area (Å²) in [5.74, 6) is -5.26. The number of carbonyl (C=O) groups excluding carboxylic acids is 2. The van der Waals surface area contributed by atoms with E-state index in [1.54, 1.807) is 14.1 Å². The first kappa shape index (κ1) is 19.0. The van der Waals surface area contributed by atoms with Crippen LogP contribution in [0, 0.1) is 17.5 Å². The molecular weight excluding hydrogens is 311 g/mol. The van der Waals surface area contributed by atoms with E-state index < -0.39 is 29.0 Å². The predicted molar refractivity (Wildman–Crippen MR) is 80.3 cm³/mol. The summed E-state index contributed by atoms with van der Waals surface area (Å²) >= 11 is 0. The van der Waals surface area contributed by atoms with E-state index in [1.165, 1.54) is 9.80 Å². The average Bonchev–Trinajstić information content (AvgIpc) is 2.46. The van der Waals surface area contributed by atoms with Crippen molar-refractivity contribution in [3.8, 4) is 0 Å². The number of likely N-dealkylation sites (N-methyl/N-ethyl adjacent to an activating group) is 2. The number of hydrogen-bond acceptors (Lipinski definition) is 3. The van der Waals surface area contributed by atoms with Gasteiger partial charge in [0.25, 0.3) is 0 Å². The van der Waals surface area contributed by atoms with Crippen LogP contribution in [-0.4, -0.2) is 54.8 Å². The number of nitrogens with zero attached hydrogens (tertiary/aromatic N) is 2. The van der Waals surface area contributed by atoms with Crippen molar-refractivity contribution in [1.29, 1.82) is 0 Å². The van der Waals surface area contributed by atoms with Gasteiger partial charge in [-0.1, -0.05) is 0 Å². The molecule has 5 nitrogen and oxygen atoms in total. The molecule has 0 saturated carbocycles. The van der Waals surface area contributed by atoms with Crippen molar-refractivity contribution < 1.29 is 22.8 Å². The van der Waals surface area contributed by atoms with Crippen LogP contribution in [-0.2, 0) is 9.59 Å². The standard InChI is InChI=1S/C15H20F3N3O2/c1-9(2)21(4)13(23)8-20(3)7-12(22)19-11-6-5-10(16)14(17)15(11)18/h5-6,9H,7-8H2,1-4H3,(H,19,22). The average molecular weight is 331 g/mol. The first-order valence-corrected chi connectivity index (χ1v) is 7.01. The van der Waals surface area contributed by atoms with Crippen LogP contribution in [0.2, 0.25) is 0 Å². The zero-order valence-electron chi connectivity index (χ0n) is 13.5. The van der Waals surface area contributed by atoms with E-state index in [-0.39, 0.29) is 25.0 Å². The lowest BCUT2D eigenvalue weighted by Gasteiger charge is -2.24. The van der Waals surface area contributed by atoms with Crippen molar-refractivity contribution in [3.05, 3.63) is 29.6 Å². The van der Waals surface area contributed by atoms with Crippen LogP contribution in [0.4, 0.5) is 18.9 Å². The maximum Gasteiger partial charge on any atom is 0.238 e. The van der Waals surface area contributed by atoms with Crippen molar-refractivity contribution >= 4 is 17.5 Å². The maximum atomic E-state index is 13.5. The zero-order valence-corrected chi connectivity index (χ0v) is 13.5. The third-order valence-electron chi connectivity index (χ3n) is 3.30. The summed E-state index contributed by atoms with van der Waals surface area (Å²) in [6, 6.07) is 1.68. The lowest BCUT2D eigenvalue weighted by molar-refractivity contribution is -0.132. The summed E-state index contributed by atoms with van der Waals surface area (Å²) in [7, 11) is 3.20. The van der Waals surface area contributed by atoms with E-state index in [2.05, 4.69) is 5.32 Å². The maximum absolute atomic E-state index is 13.5. The molecule has 128 valence electrons. The molecule has 1 rings (SSSR count). The summed E-state index contributed by atoms with van der Waals surface area (Å²) < 4.78 is 39.4. The van der Waals surface area contributed by atoms with Crippen molar-refractivity contribution in [2.24, 2.45) is 0 Å². The molecule has 23 heavy (non-hydrogen) atoms. The molecule has 1 aromatic carbocycles. The Kier molecular flexibility index (Phi) is 6.56. The fourth-order valence-corrected chi connectivity index (χ4v) is 1.74. The number of amides is 2. The Bertz CT molecular complexity index is 594. The molecule has 1 N–H and O–H groups in total. The highest BCUT2D eigenvalue weighted by Crippen LogP contribution is 2.19. The van der Waals surface area contributed by atoms with E-state index in [0.717, 1.165) is 12.1 Å². The first-order chi connectivity index (χ1) is 10.6. The van der Waals surface area contributed by atoms with Crippen LogP contribution in [0.1, 0.15) is 13.8 Å². The van der Waals surface area contributed by atoms with Crippen molar-refractivity contribution in [2.75, 3.05) is 32.5 Å². The van der Waals surface area contributed by atoms with Gasteiger partial charge in [-0.15, -0.1) is 0 Å². The summed E-state index contributed by atoms with van der Waals surface area (Å²) in [6.45, 7) is 3.52. The summed E-state index contributed by atoms with van der Waals surface area (Å²) in [6.07, 6.45) is 0. The highest BCUT2D eigenvalue weighted by atomic mass is 19.2. The molecule has 1 aromatic rings. The number of anilines is 1. The summed E-state index contributed by atoms with van der Waals surface area (Å²) in [5.41, 5.74) is -0.451. The molecule has 0 unspecified atom stereocenters. The molecule has 0 bridgehead atoms. The second kappa shape index (κ2) is 7.96. The Morgan fingerprint density at radius 3 is 2.26 bits per heavy atom. The molecule has 0 aliphatic carbocycles. The van der Waals surface area contributed by atoms with E-state index in [9.17, 15) is 22.8 Å². The fourth-order valence-electron chi connectivity index (χ4n) is 1.74. The number of hydrogen-bond donors (Lipinski definition) is 1. The van der Waals surface area contributed by atoms with Crippen LogP contribution in [0.5, 0.6) is 0 Å². The summed E-state index contributed by atoms with van der Waals surface area (Å²) in [4.78, 5) is 26.6. The van der Waals surface area contributed by atoms with Crippen LogP contribution < -0.4 is 5.32 Å². The van der Waals surface area contributed by atoms with Crippen molar-refractivity contribution in [1.82, 2.24) is 9.80 Å². The third kappa shape index (κ3) is 5.24. The van der Waals surface area contributed by atoms with Crippen LogP contribution in [0.3, 0.4) is 0 Å². The Morgan fingerprint density at radius 2 is 1.70 bits per heavy atom. The minimum atomic E-state index is -1.65. The predicted octanol–water partition coefficient (Wildman–Crippen LogP) is 1.84. The lowest BCUT2D eigenvalue weighted by atomic mass is 10.2. The molecule has 0 spiro atoms. The monoisotopic (exact) mass is 331 g/mol. The quantitative estimate of drug-likeness (QED) is 0.810. The number of carbonyl (C=O) groups is 2. The molecule has 0 atom stereocenters. The van der Waals surface area contributed by atoms with Crippen LogP contribution >= 0.6 is 0 Å². The normalized spacial score (nSPS) is 11.0. The first-order valence-electron chi connectivity index (χ1n) is 7.01. The molecule has 0 aromatic heterocycles. The molecular formula is C15H20F3N3O2. The molecule has 0 aliphatic heterocycles. The topological polar surface area (TPSA) is 52.7 Å². The van der Waals surface area contributed by atoms with Gasteiger partial charge in [0.15, 0.2) is 17.5 Å². The molecule has 8 heteroatoms. The van der Waals surface area contributed by atoms with Gasteiger partial charge in [-0.25, -0.2) is 13.2 Å². The van der Waals surface area contributed by atoms with Gasteiger partial charge in [0.05, 0.1) is 18.8 Å². The van der Waals surface area contributed by atoms with Gasteiger partial charge in [-0.2, -0.15) is 0 Å². The Morgan fingerprint density at radius 1 is 1.09 bits per heavy atom. The van der Waals surface area contributed by atoms with Crippen LogP contribution in [0.15, 0.2) is 12.1 Å². The highest BCUT2D eigenvalue weighted by Gasteiger charge is 2.18. The summed E-state index contributed by atoms with van der Waals surface area (Å²) in [5, 5.41) is 2.15. The number of nitrogens with one attached hydrogen (secondary N) is 1. The van der Waals surface area contributed by atoms with Gasteiger partial charge < -0.3 is 10.2 Å². The minimum Gasteiger partial charge on any atom is -0.342 e. The minimum absolute atomic E-state index is 0.00234. The van der Waals surface area contributed by atoms with Gasteiger partial charge in [-0.05, 0) is 33.0 Å². The molecule has 0 saturated heterocycles. The zero-order chi connectivity index (χ0) is 17.7. The molecule has 0 radical (unpaired) electrons. The van der Waals surface area contributed by atoms with E-state index >= 15 is 0 Å².